The van der Waals surface area contributed by atoms with Gasteiger partial charge in [0.15, 0.2) is 0 Å². The molecule has 1 N–H and O–H groups in total. The second kappa shape index (κ2) is 4.97. The number of rotatable bonds is 5. The summed E-state index contributed by atoms with van der Waals surface area (Å²) in [6.07, 6.45) is 1.04. The van der Waals surface area contributed by atoms with E-state index < -0.39 is 5.41 Å². The highest BCUT2D eigenvalue weighted by Gasteiger charge is 2.44. The Hall–Kier alpha value is -0.570. The van der Waals surface area contributed by atoms with Crippen LogP contribution in [0.5, 0.6) is 0 Å². The molecule has 0 aromatic carbocycles. The number of hydrogen-bond donors (Lipinski definition) is 1. The zero-order valence-electron chi connectivity index (χ0n) is 11.1. The molecule has 0 rings (SSSR count). The Balaban J connectivity index is 4.76. The van der Waals surface area contributed by atoms with Crippen LogP contribution >= 0.6 is 0 Å². The van der Waals surface area contributed by atoms with Crippen molar-refractivity contribution < 1.29 is 9.53 Å². The molecule has 1 unspecified atom stereocenters. The first-order valence-corrected chi connectivity index (χ1v) is 5.55. The summed E-state index contributed by atoms with van der Waals surface area (Å²) < 4.78 is 4.84. The Morgan fingerprint density at radius 1 is 1.33 bits per heavy atom. The summed E-state index contributed by atoms with van der Waals surface area (Å²) in [6, 6.07) is 0.393. The fourth-order valence-electron chi connectivity index (χ4n) is 1.41. The highest BCUT2D eigenvalue weighted by molar-refractivity contribution is 5.77. The van der Waals surface area contributed by atoms with Crippen molar-refractivity contribution in [3.05, 3.63) is 0 Å². The van der Waals surface area contributed by atoms with Crippen LogP contribution in [0, 0.1) is 5.41 Å². The molecule has 0 aromatic rings. The molecule has 0 heterocycles. The molecule has 0 saturated carbocycles. The molecule has 1 atom stereocenters. The Labute approximate surface area is 93.6 Å². The van der Waals surface area contributed by atoms with Crippen LogP contribution in [0.4, 0.5) is 0 Å². The minimum absolute atomic E-state index is 0.177. The van der Waals surface area contributed by atoms with Crippen LogP contribution in [0.25, 0.3) is 0 Å². The number of carbonyl (C=O) groups excluding carboxylic acids is 1. The molecule has 0 amide bonds. The van der Waals surface area contributed by atoms with Gasteiger partial charge in [0.2, 0.25) is 0 Å². The van der Waals surface area contributed by atoms with Crippen LogP contribution in [0.3, 0.4) is 0 Å². The summed E-state index contributed by atoms with van der Waals surface area (Å²) in [5.74, 6) is -0.177. The molecule has 90 valence electrons. The van der Waals surface area contributed by atoms with E-state index in [1.54, 1.807) is 0 Å². The normalized spacial score (nSPS) is 14.9. The van der Waals surface area contributed by atoms with Crippen LogP contribution in [0.1, 0.15) is 48.0 Å². The lowest BCUT2D eigenvalue weighted by Crippen LogP contribution is -2.57. The quantitative estimate of drug-likeness (QED) is 0.715. The van der Waals surface area contributed by atoms with Crippen molar-refractivity contribution in [1.29, 1.82) is 0 Å². The van der Waals surface area contributed by atoms with Gasteiger partial charge in [-0.25, -0.2) is 0 Å². The van der Waals surface area contributed by atoms with Gasteiger partial charge in [-0.3, -0.25) is 4.79 Å². The molecule has 15 heavy (non-hydrogen) atoms. The van der Waals surface area contributed by atoms with Gasteiger partial charge in [-0.2, -0.15) is 0 Å². The molecule has 3 heteroatoms. The van der Waals surface area contributed by atoms with E-state index in [0.717, 1.165) is 6.42 Å². The SMILES string of the molecule is CCC(C)NC(C)(C)C(C)(C)C(=O)OC. The van der Waals surface area contributed by atoms with Crippen molar-refractivity contribution in [1.82, 2.24) is 5.32 Å². The molecule has 0 aliphatic rings. The number of esters is 1. The molecular weight excluding hydrogens is 190 g/mol. The number of hydrogen-bond acceptors (Lipinski definition) is 3. The molecular formula is C12H25NO2. The number of methoxy groups -OCH3 is 1. The van der Waals surface area contributed by atoms with E-state index in [-0.39, 0.29) is 11.5 Å². The molecule has 0 radical (unpaired) electrons. The van der Waals surface area contributed by atoms with Gasteiger partial charge in [0, 0.05) is 11.6 Å². The predicted octanol–water partition coefficient (Wildman–Crippen LogP) is 2.35. The van der Waals surface area contributed by atoms with Crippen molar-refractivity contribution in [2.24, 2.45) is 5.41 Å². The van der Waals surface area contributed by atoms with E-state index in [1.165, 1.54) is 7.11 Å². The highest BCUT2D eigenvalue weighted by atomic mass is 16.5. The molecule has 0 saturated heterocycles. The van der Waals surface area contributed by atoms with E-state index in [2.05, 4.69) is 19.2 Å². The lowest BCUT2D eigenvalue weighted by molar-refractivity contribution is -0.155. The summed E-state index contributed by atoms with van der Waals surface area (Å²) in [7, 11) is 1.43. The number of nitrogens with one attached hydrogen (secondary N) is 1. The van der Waals surface area contributed by atoms with Gasteiger partial charge in [-0.05, 0) is 41.0 Å². The molecule has 0 bridgehead atoms. The number of ether oxygens (including phenoxy) is 1. The highest BCUT2D eigenvalue weighted by Crippen LogP contribution is 2.32. The van der Waals surface area contributed by atoms with E-state index in [9.17, 15) is 4.79 Å². The summed E-state index contributed by atoms with van der Waals surface area (Å²) >= 11 is 0. The average Bonchev–Trinajstić information content (AvgIpc) is 2.15. The van der Waals surface area contributed by atoms with Crippen LogP contribution in [-0.2, 0) is 9.53 Å². The average molecular weight is 215 g/mol. The van der Waals surface area contributed by atoms with Gasteiger partial charge >= 0.3 is 5.97 Å². The maximum Gasteiger partial charge on any atom is 0.313 e. The summed E-state index contributed by atoms with van der Waals surface area (Å²) in [4.78, 5) is 11.7. The third kappa shape index (κ3) is 3.20. The lowest BCUT2D eigenvalue weighted by Gasteiger charge is -2.41. The first-order valence-electron chi connectivity index (χ1n) is 5.55. The maximum atomic E-state index is 11.7. The summed E-state index contributed by atoms with van der Waals surface area (Å²) in [5.41, 5.74) is -0.819. The van der Waals surface area contributed by atoms with Crippen LogP contribution in [0.2, 0.25) is 0 Å². The Morgan fingerprint density at radius 2 is 1.80 bits per heavy atom. The van der Waals surface area contributed by atoms with E-state index in [0.29, 0.717) is 6.04 Å². The van der Waals surface area contributed by atoms with Crippen molar-refractivity contribution >= 4 is 5.97 Å². The first kappa shape index (κ1) is 14.4. The standard InChI is InChI=1S/C12H25NO2/c1-8-9(2)13-12(5,6)11(3,4)10(14)15-7/h9,13H,8H2,1-7H3. The maximum absolute atomic E-state index is 11.7. The Kier molecular flexibility index (Phi) is 4.78. The zero-order valence-corrected chi connectivity index (χ0v) is 11.1. The first-order chi connectivity index (χ1) is 6.69. The molecule has 0 fully saturated rings. The zero-order chi connectivity index (χ0) is 12.3. The van der Waals surface area contributed by atoms with Gasteiger partial charge in [0.1, 0.15) is 0 Å². The van der Waals surface area contributed by atoms with E-state index in [4.69, 9.17) is 4.74 Å². The fraction of sp³-hybridized carbons (Fsp3) is 0.917. The van der Waals surface area contributed by atoms with E-state index in [1.807, 2.05) is 27.7 Å². The van der Waals surface area contributed by atoms with Crippen molar-refractivity contribution in [2.75, 3.05) is 7.11 Å². The second-order valence-corrected chi connectivity index (χ2v) is 5.20. The van der Waals surface area contributed by atoms with Gasteiger partial charge in [-0.15, -0.1) is 0 Å². The molecule has 3 nitrogen and oxygen atoms in total. The van der Waals surface area contributed by atoms with Gasteiger partial charge < -0.3 is 10.1 Å². The largest absolute Gasteiger partial charge is 0.469 e. The van der Waals surface area contributed by atoms with Crippen LogP contribution in [-0.4, -0.2) is 24.7 Å². The van der Waals surface area contributed by atoms with E-state index >= 15 is 0 Å². The third-order valence-corrected chi connectivity index (χ3v) is 3.48. The topological polar surface area (TPSA) is 38.3 Å². The minimum atomic E-state index is -0.537. The third-order valence-electron chi connectivity index (χ3n) is 3.48. The number of carbonyl (C=O) groups is 1. The van der Waals surface area contributed by atoms with Crippen LogP contribution in [0.15, 0.2) is 0 Å². The predicted molar refractivity (Wildman–Crippen MR) is 62.8 cm³/mol. The molecule has 0 aromatic heterocycles. The van der Waals surface area contributed by atoms with Gasteiger partial charge in [-0.1, -0.05) is 6.92 Å². The minimum Gasteiger partial charge on any atom is -0.469 e. The van der Waals surface area contributed by atoms with Gasteiger partial charge in [0.05, 0.1) is 12.5 Å². The van der Waals surface area contributed by atoms with Crippen molar-refractivity contribution in [3.8, 4) is 0 Å². The Bertz CT molecular complexity index is 222. The molecule has 0 spiro atoms. The van der Waals surface area contributed by atoms with Gasteiger partial charge in [0.25, 0.3) is 0 Å². The monoisotopic (exact) mass is 215 g/mol. The molecule has 0 aliphatic carbocycles. The summed E-state index contributed by atoms with van der Waals surface area (Å²) in [6.45, 7) is 12.1. The fourth-order valence-corrected chi connectivity index (χ4v) is 1.41. The van der Waals surface area contributed by atoms with Crippen molar-refractivity contribution in [3.63, 3.8) is 0 Å². The smallest absolute Gasteiger partial charge is 0.313 e. The summed E-state index contributed by atoms with van der Waals surface area (Å²) in [5, 5.41) is 3.46. The lowest BCUT2D eigenvalue weighted by atomic mass is 9.74. The Morgan fingerprint density at radius 3 is 2.13 bits per heavy atom. The van der Waals surface area contributed by atoms with Crippen LogP contribution < -0.4 is 5.32 Å². The molecule has 0 aliphatic heterocycles. The second-order valence-electron chi connectivity index (χ2n) is 5.20. The van der Waals surface area contributed by atoms with Crippen molar-refractivity contribution in [2.45, 2.75) is 59.5 Å².